The summed E-state index contributed by atoms with van der Waals surface area (Å²) in [4.78, 5) is 23.6. The molecule has 0 saturated carbocycles. The van der Waals surface area contributed by atoms with Crippen molar-refractivity contribution in [1.29, 1.82) is 0 Å². The summed E-state index contributed by atoms with van der Waals surface area (Å²) >= 11 is 0. The molecule has 1 unspecified atom stereocenters. The molecule has 0 fully saturated rings. The number of carbonyl (C=O) groups is 2. The smallest absolute Gasteiger partial charge is 0.305 e. The molecule has 6 heteroatoms. The Labute approximate surface area is 237 Å². The molecule has 2 N–H and O–H groups in total. The van der Waals surface area contributed by atoms with Crippen molar-refractivity contribution < 1.29 is 29.3 Å². The lowest BCUT2D eigenvalue weighted by atomic mass is 10.1. The molecular weight excluding hydrogens is 492 g/mol. The number of carbonyl (C=O) groups excluding carboxylic acids is 2. The Balaban J connectivity index is 3.72. The van der Waals surface area contributed by atoms with Crippen LogP contribution in [0.1, 0.15) is 110 Å². The summed E-state index contributed by atoms with van der Waals surface area (Å²) in [5, 5.41) is 19.8. The second kappa shape index (κ2) is 28.6. The Bertz CT molecular complexity index is 734. The minimum absolute atomic E-state index is 0.152. The second-order valence-corrected chi connectivity index (χ2v) is 9.69. The lowest BCUT2D eigenvalue weighted by molar-refractivity contribution is -0.152. The minimum Gasteiger partial charge on any atom is -0.463 e. The third-order valence-corrected chi connectivity index (χ3v) is 5.85. The van der Waals surface area contributed by atoms with Gasteiger partial charge in [-0.3, -0.25) is 9.59 Å². The molecule has 0 bridgehead atoms. The van der Waals surface area contributed by atoms with Gasteiger partial charge in [0.1, 0.15) is 19.3 Å². The number of rotatable bonds is 25. The Kier molecular flexibility index (Phi) is 26.8. The van der Waals surface area contributed by atoms with E-state index in [4.69, 9.17) is 9.47 Å². The Morgan fingerprint density at radius 2 is 1.26 bits per heavy atom. The predicted octanol–water partition coefficient (Wildman–Crippen LogP) is 7.47. The highest BCUT2D eigenvalue weighted by Crippen LogP contribution is 2.09. The van der Waals surface area contributed by atoms with Crippen molar-refractivity contribution in [2.75, 3.05) is 13.2 Å². The van der Waals surface area contributed by atoms with Crippen LogP contribution in [0.4, 0.5) is 0 Å². The molecule has 0 aliphatic carbocycles. The number of aliphatic hydroxyl groups is 2. The molecule has 0 radical (unpaired) electrons. The zero-order valence-electron chi connectivity index (χ0n) is 24.5. The minimum atomic E-state index is -1.00. The van der Waals surface area contributed by atoms with Crippen molar-refractivity contribution in [2.24, 2.45) is 0 Å². The summed E-state index contributed by atoms with van der Waals surface area (Å²) in [7, 11) is 0. The summed E-state index contributed by atoms with van der Waals surface area (Å²) < 4.78 is 10.1. The third-order valence-electron chi connectivity index (χ3n) is 5.85. The lowest BCUT2D eigenvalue weighted by Gasteiger charge is -2.12. The van der Waals surface area contributed by atoms with Crippen LogP contribution in [0.2, 0.25) is 0 Å². The van der Waals surface area contributed by atoms with Gasteiger partial charge in [-0.2, -0.15) is 0 Å². The van der Waals surface area contributed by atoms with Crippen LogP contribution in [0.3, 0.4) is 0 Å². The fourth-order valence-corrected chi connectivity index (χ4v) is 3.56. The summed E-state index contributed by atoms with van der Waals surface area (Å²) in [5.41, 5.74) is 0. The van der Waals surface area contributed by atoms with Gasteiger partial charge in [-0.1, -0.05) is 113 Å². The van der Waals surface area contributed by atoms with Crippen molar-refractivity contribution in [1.82, 2.24) is 0 Å². The van der Waals surface area contributed by atoms with Gasteiger partial charge in [-0.05, 0) is 44.9 Å². The molecular formula is C33H54O6. The van der Waals surface area contributed by atoms with Crippen molar-refractivity contribution in [2.45, 2.75) is 122 Å². The molecule has 0 saturated heterocycles. The summed E-state index contributed by atoms with van der Waals surface area (Å²) in [6.45, 7) is 3.98. The van der Waals surface area contributed by atoms with Gasteiger partial charge in [0.25, 0.3) is 0 Å². The fourth-order valence-electron chi connectivity index (χ4n) is 3.56. The van der Waals surface area contributed by atoms with E-state index in [2.05, 4.69) is 32.1 Å². The van der Waals surface area contributed by atoms with E-state index in [1.165, 1.54) is 25.7 Å². The van der Waals surface area contributed by atoms with Gasteiger partial charge in [0.2, 0.25) is 0 Å². The fraction of sp³-hybridized carbons (Fsp3) is 0.636. The van der Waals surface area contributed by atoms with Gasteiger partial charge in [-0.15, -0.1) is 0 Å². The SMILES string of the molecule is CC/C=C\C/C=C\CC(O)/C=C/C=C\C/C=C\CCCC(=O)OC[C@@H](O)COC(=O)CCCCCCCCC. The number of esters is 2. The first-order chi connectivity index (χ1) is 19.0. The highest BCUT2D eigenvalue weighted by molar-refractivity contribution is 5.69. The van der Waals surface area contributed by atoms with Gasteiger partial charge >= 0.3 is 11.9 Å². The Morgan fingerprint density at radius 1 is 0.667 bits per heavy atom. The molecule has 0 aromatic carbocycles. The molecule has 0 aromatic heterocycles. The second-order valence-electron chi connectivity index (χ2n) is 9.69. The Hall–Kier alpha value is -2.44. The number of allylic oxidation sites excluding steroid dienone is 8. The maximum Gasteiger partial charge on any atom is 0.305 e. The summed E-state index contributed by atoms with van der Waals surface area (Å²) in [6.07, 6.45) is 31.7. The van der Waals surface area contributed by atoms with Gasteiger partial charge in [0, 0.05) is 12.8 Å². The molecule has 39 heavy (non-hydrogen) atoms. The van der Waals surface area contributed by atoms with E-state index in [0.29, 0.717) is 19.3 Å². The normalized spacial score (nSPS) is 13.8. The van der Waals surface area contributed by atoms with Crippen LogP contribution in [0, 0.1) is 0 Å². The van der Waals surface area contributed by atoms with Crippen molar-refractivity contribution in [3.8, 4) is 0 Å². The third kappa shape index (κ3) is 28.4. The standard InChI is InChI=1S/C33H54O6/c1-3-5-7-9-13-18-22-26-32(36)38-28-31(35)29-39-33(37)27-23-19-15-12-11-14-17-21-25-30(34)24-20-16-10-8-6-4-2/h6,8,12,14-17,20-21,25,30-31,34-35H,3-5,7,9-11,13,18-19,22-24,26-29H2,1-2H3/b8-6-,15-12-,17-14-,20-16-,25-21+/t30?,31-/m0/s1. The number of hydrogen-bond donors (Lipinski definition) is 2. The molecule has 0 heterocycles. The van der Waals surface area contributed by atoms with Crippen LogP contribution < -0.4 is 0 Å². The van der Waals surface area contributed by atoms with Crippen LogP contribution in [0.5, 0.6) is 0 Å². The van der Waals surface area contributed by atoms with Crippen LogP contribution in [0.15, 0.2) is 60.8 Å². The van der Waals surface area contributed by atoms with E-state index in [1.54, 1.807) is 6.08 Å². The van der Waals surface area contributed by atoms with E-state index < -0.39 is 12.2 Å². The first kappa shape index (κ1) is 36.6. The van der Waals surface area contributed by atoms with E-state index in [0.717, 1.165) is 44.9 Å². The Morgan fingerprint density at radius 3 is 1.95 bits per heavy atom. The van der Waals surface area contributed by atoms with Gasteiger partial charge in [-0.25, -0.2) is 0 Å². The first-order valence-electron chi connectivity index (χ1n) is 14.9. The molecule has 0 aliphatic rings. The molecule has 6 nitrogen and oxygen atoms in total. The first-order valence-corrected chi connectivity index (χ1v) is 14.9. The van der Waals surface area contributed by atoms with E-state index in [9.17, 15) is 19.8 Å². The molecule has 0 amide bonds. The molecule has 0 aromatic rings. The average molecular weight is 547 g/mol. The van der Waals surface area contributed by atoms with Crippen LogP contribution in [0.25, 0.3) is 0 Å². The van der Waals surface area contributed by atoms with Crippen molar-refractivity contribution in [3.63, 3.8) is 0 Å². The van der Waals surface area contributed by atoms with Crippen molar-refractivity contribution >= 4 is 11.9 Å². The van der Waals surface area contributed by atoms with E-state index in [1.807, 2.05) is 36.5 Å². The predicted molar refractivity (Wildman–Crippen MR) is 160 cm³/mol. The molecule has 0 spiro atoms. The van der Waals surface area contributed by atoms with Gasteiger partial charge < -0.3 is 19.7 Å². The quantitative estimate of drug-likeness (QED) is 0.0534. The number of ether oxygens (including phenoxy) is 2. The summed E-state index contributed by atoms with van der Waals surface area (Å²) in [5.74, 6) is -0.684. The molecule has 2 atom stereocenters. The van der Waals surface area contributed by atoms with Crippen LogP contribution in [-0.4, -0.2) is 47.6 Å². The topological polar surface area (TPSA) is 93.1 Å². The van der Waals surface area contributed by atoms with Crippen molar-refractivity contribution in [3.05, 3.63) is 60.8 Å². The number of aliphatic hydroxyl groups excluding tert-OH is 2. The van der Waals surface area contributed by atoms with Crippen LogP contribution >= 0.6 is 0 Å². The summed E-state index contributed by atoms with van der Waals surface area (Å²) in [6, 6.07) is 0. The maximum absolute atomic E-state index is 11.8. The van der Waals surface area contributed by atoms with E-state index >= 15 is 0 Å². The number of unbranched alkanes of at least 4 members (excludes halogenated alkanes) is 7. The zero-order chi connectivity index (χ0) is 28.8. The zero-order valence-corrected chi connectivity index (χ0v) is 24.5. The largest absolute Gasteiger partial charge is 0.463 e. The molecule has 222 valence electrons. The monoisotopic (exact) mass is 546 g/mol. The van der Waals surface area contributed by atoms with Gasteiger partial charge in [0.05, 0.1) is 6.10 Å². The highest BCUT2D eigenvalue weighted by atomic mass is 16.6. The highest BCUT2D eigenvalue weighted by Gasteiger charge is 2.11. The van der Waals surface area contributed by atoms with E-state index in [-0.39, 0.29) is 31.6 Å². The van der Waals surface area contributed by atoms with Gasteiger partial charge in [0.15, 0.2) is 0 Å². The maximum atomic E-state index is 11.8. The molecule has 0 aliphatic heterocycles. The molecule has 0 rings (SSSR count). The number of hydrogen-bond acceptors (Lipinski definition) is 6. The average Bonchev–Trinajstić information content (AvgIpc) is 2.93. The van der Waals surface area contributed by atoms with Crippen LogP contribution in [-0.2, 0) is 19.1 Å². The lowest BCUT2D eigenvalue weighted by Crippen LogP contribution is -2.25.